The van der Waals surface area contributed by atoms with Gasteiger partial charge in [-0.3, -0.25) is 4.68 Å². The molecule has 2 rings (SSSR count). The Kier molecular flexibility index (Phi) is 4.11. The van der Waals surface area contributed by atoms with Crippen molar-refractivity contribution < 1.29 is 9.53 Å². The molecular weight excluding hydrogens is 242 g/mol. The number of rotatable bonds is 5. The maximum Gasteiger partial charge on any atom is 0.240 e. The lowest BCUT2D eigenvalue weighted by molar-refractivity contribution is 0.306. The molecule has 5 heteroatoms. The highest BCUT2D eigenvalue weighted by Gasteiger charge is 2.07. The zero-order chi connectivity index (χ0) is 13.7. The van der Waals surface area contributed by atoms with Crippen molar-refractivity contribution >= 4 is 11.8 Å². The van der Waals surface area contributed by atoms with E-state index >= 15 is 0 Å². The van der Waals surface area contributed by atoms with Gasteiger partial charge in [-0.05, 0) is 26.0 Å². The average Bonchev–Trinajstić information content (AvgIpc) is 2.79. The smallest absolute Gasteiger partial charge is 0.240 e. The van der Waals surface area contributed by atoms with E-state index < -0.39 is 0 Å². The summed E-state index contributed by atoms with van der Waals surface area (Å²) in [5, 5.41) is 4.35. The van der Waals surface area contributed by atoms with Gasteiger partial charge in [0.15, 0.2) is 0 Å². The number of para-hydroxylation sites is 2. The van der Waals surface area contributed by atoms with Crippen LogP contribution in [0.5, 0.6) is 5.75 Å². The van der Waals surface area contributed by atoms with Gasteiger partial charge in [0, 0.05) is 18.3 Å². The van der Waals surface area contributed by atoms with Crippen molar-refractivity contribution in [3.63, 3.8) is 0 Å². The first-order valence-corrected chi connectivity index (χ1v) is 6.07. The molecule has 0 aliphatic heterocycles. The molecule has 1 aromatic carbocycles. The van der Waals surface area contributed by atoms with Crippen LogP contribution in [0, 0.1) is 6.92 Å². The van der Waals surface area contributed by atoms with E-state index in [0.717, 1.165) is 17.8 Å². The summed E-state index contributed by atoms with van der Waals surface area (Å²) in [4.78, 5) is 13.9. The molecule has 0 saturated carbocycles. The van der Waals surface area contributed by atoms with Crippen molar-refractivity contribution in [1.82, 2.24) is 9.78 Å². The highest BCUT2D eigenvalue weighted by Crippen LogP contribution is 2.27. The molecule has 0 spiro atoms. The van der Waals surface area contributed by atoms with E-state index in [0.29, 0.717) is 18.0 Å². The van der Waals surface area contributed by atoms with Crippen molar-refractivity contribution in [1.29, 1.82) is 0 Å². The maximum atomic E-state index is 10.3. The molecule has 0 atom stereocenters. The molecule has 98 valence electrons. The van der Waals surface area contributed by atoms with Gasteiger partial charge in [0.1, 0.15) is 18.0 Å². The van der Waals surface area contributed by atoms with Crippen LogP contribution in [0.1, 0.15) is 18.2 Å². The number of carbonyl (C=O) groups excluding carboxylic acids is 1. The largest absolute Gasteiger partial charge is 0.486 e. The molecule has 0 amide bonds. The van der Waals surface area contributed by atoms with Gasteiger partial charge in [-0.25, -0.2) is 4.79 Å². The minimum Gasteiger partial charge on any atom is -0.486 e. The summed E-state index contributed by atoms with van der Waals surface area (Å²) in [5.41, 5.74) is 2.45. The van der Waals surface area contributed by atoms with Crippen LogP contribution < -0.4 is 4.74 Å². The Bertz CT molecular complexity index is 613. The van der Waals surface area contributed by atoms with Gasteiger partial charge in [-0.1, -0.05) is 12.1 Å². The first kappa shape index (κ1) is 13.1. The number of aryl methyl sites for hydroxylation is 2. The Morgan fingerprint density at radius 1 is 1.42 bits per heavy atom. The van der Waals surface area contributed by atoms with E-state index in [9.17, 15) is 4.79 Å². The van der Waals surface area contributed by atoms with Gasteiger partial charge in [-0.2, -0.15) is 10.1 Å². The molecule has 1 heterocycles. The van der Waals surface area contributed by atoms with Gasteiger partial charge in [0.2, 0.25) is 6.08 Å². The Morgan fingerprint density at radius 3 is 2.89 bits per heavy atom. The minimum absolute atomic E-state index is 0.400. The van der Waals surface area contributed by atoms with E-state index in [2.05, 4.69) is 10.1 Å². The molecule has 0 aliphatic rings. The standard InChI is InChI=1S/C14H15N3O2/c1-3-17-8-12(11(2)16-17)9-19-14-7-5-4-6-13(14)15-10-18/h4-8H,3,9H2,1-2H3. The Labute approximate surface area is 111 Å². The van der Waals surface area contributed by atoms with Crippen LogP contribution in [-0.4, -0.2) is 15.9 Å². The number of aromatic nitrogens is 2. The first-order chi connectivity index (χ1) is 9.24. The van der Waals surface area contributed by atoms with Gasteiger partial charge in [-0.15, -0.1) is 0 Å². The number of hydrogen-bond acceptors (Lipinski definition) is 4. The summed E-state index contributed by atoms with van der Waals surface area (Å²) in [6.07, 6.45) is 3.49. The third-order valence-corrected chi connectivity index (χ3v) is 2.79. The zero-order valence-electron chi connectivity index (χ0n) is 11.0. The van der Waals surface area contributed by atoms with Crippen LogP contribution in [0.15, 0.2) is 35.5 Å². The second-order valence-electron chi connectivity index (χ2n) is 4.05. The van der Waals surface area contributed by atoms with Crippen LogP contribution >= 0.6 is 0 Å². The van der Waals surface area contributed by atoms with Crippen molar-refractivity contribution in [3.8, 4) is 5.75 Å². The van der Waals surface area contributed by atoms with Gasteiger partial charge in [0.05, 0.1) is 5.69 Å². The average molecular weight is 257 g/mol. The summed E-state index contributed by atoms with van der Waals surface area (Å²) in [7, 11) is 0. The Balaban J connectivity index is 2.14. The Hall–Kier alpha value is -2.39. The molecule has 0 aliphatic carbocycles. The topological polar surface area (TPSA) is 56.5 Å². The van der Waals surface area contributed by atoms with E-state index in [4.69, 9.17) is 4.74 Å². The highest BCUT2D eigenvalue weighted by atomic mass is 16.5. The van der Waals surface area contributed by atoms with Crippen LogP contribution in [0.25, 0.3) is 0 Å². The quantitative estimate of drug-likeness (QED) is 0.611. The van der Waals surface area contributed by atoms with Crippen molar-refractivity contribution in [2.75, 3.05) is 0 Å². The Morgan fingerprint density at radius 2 is 2.21 bits per heavy atom. The highest BCUT2D eigenvalue weighted by molar-refractivity contribution is 5.57. The number of benzene rings is 1. The van der Waals surface area contributed by atoms with E-state index in [1.54, 1.807) is 18.2 Å². The molecule has 0 unspecified atom stereocenters. The first-order valence-electron chi connectivity index (χ1n) is 6.07. The van der Waals surface area contributed by atoms with Crippen LogP contribution in [0.2, 0.25) is 0 Å². The fourth-order valence-corrected chi connectivity index (χ4v) is 1.74. The molecule has 0 N–H and O–H groups in total. The number of isocyanates is 1. The molecule has 5 nitrogen and oxygen atoms in total. The number of aliphatic imine (C=N–C) groups is 1. The molecule has 19 heavy (non-hydrogen) atoms. The van der Waals surface area contributed by atoms with Crippen LogP contribution in [0.4, 0.5) is 5.69 Å². The molecular formula is C14H15N3O2. The molecule has 0 bridgehead atoms. The lowest BCUT2D eigenvalue weighted by Gasteiger charge is -2.06. The van der Waals surface area contributed by atoms with Crippen LogP contribution in [-0.2, 0) is 17.9 Å². The fraction of sp³-hybridized carbons (Fsp3) is 0.286. The molecule has 0 saturated heterocycles. The SMILES string of the molecule is CCn1cc(COc2ccccc2N=C=O)c(C)n1. The summed E-state index contributed by atoms with van der Waals surface area (Å²) in [5.74, 6) is 0.564. The van der Waals surface area contributed by atoms with E-state index in [1.807, 2.05) is 30.8 Å². The van der Waals surface area contributed by atoms with E-state index in [-0.39, 0.29) is 0 Å². The van der Waals surface area contributed by atoms with Gasteiger partial charge in [0.25, 0.3) is 0 Å². The number of nitrogens with zero attached hydrogens (tertiary/aromatic N) is 3. The monoisotopic (exact) mass is 257 g/mol. The lowest BCUT2D eigenvalue weighted by Crippen LogP contribution is -1.96. The van der Waals surface area contributed by atoms with Crippen molar-refractivity contribution in [2.24, 2.45) is 4.99 Å². The second-order valence-corrected chi connectivity index (χ2v) is 4.05. The second kappa shape index (κ2) is 5.98. The summed E-state index contributed by atoms with van der Waals surface area (Å²) >= 11 is 0. The summed E-state index contributed by atoms with van der Waals surface area (Å²) in [6.45, 7) is 5.20. The van der Waals surface area contributed by atoms with Gasteiger partial charge < -0.3 is 4.74 Å². The summed E-state index contributed by atoms with van der Waals surface area (Å²) < 4.78 is 7.55. The molecule has 1 aromatic heterocycles. The minimum atomic E-state index is 0.400. The van der Waals surface area contributed by atoms with Gasteiger partial charge >= 0.3 is 0 Å². The van der Waals surface area contributed by atoms with Crippen LogP contribution in [0.3, 0.4) is 0 Å². The van der Waals surface area contributed by atoms with Crippen molar-refractivity contribution in [2.45, 2.75) is 27.0 Å². The number of hydrogen-bond donors (Lipinski definition) is 0. The third-order valence-electron chi connectivity index (χ3n) is 2.79. The molecule has 2 aromatic rings. The predicted octanol–water partition coefficient (Wildman–Crippen LogP) is 2.76. The zero-order valence-corrected chi connectivity index (χ0v) is 11.0. The molecule has 0 fully saturated rings. The lowest BCUT2D eigenvalue weighted by atomic mass is 10.2. The fourth-order valence-electron chi connectivity index (χ4n) is 1.74. The predicted molar refractivity (Wildman–Crippen MR) is 71.2 cm³/mol. The summed E-state index contributed by atoms with van der Waals surface area (Å²) in [6, 6.07) is 7.11. The van der Waals surface area contributed by atoms with E-state index in [1.165, 1.54) is 6.08 Å². The maximum absolute atomic E-state index is 10.3. The normalized spacial score (nSPS) is 10.0. The third kappa shape index (κ3) is 3.09. The number of ether oxygens (including phenoxy) is 1. The van der Waals surface area contributed by atoms with Crippen molar-refractivity contribution in [3.05, 3.63) is 41.7 Å². The molecule has 0 radical (unpaired) electrons.